The molecule has 1 aliphatic heterocycles. The number of para-hydroxylation sites is 1. The van der Waals surface area contributed by atoms with Gasteiger partial charge in [-0.1, -0.05) is 91.1 Å². The summed E-state index contributed by atoms with van der Waals surface area (Å²) in [5, 5.41) is 1.34. The van der Waals surface area contributed by atoms with Crippen LogP contribution in [-0.2, 0) is 19.5 Å². The second kappa shape index (κ2) is 7.25. The largest absolute Gasteiger partial charge is 0.356 e. The summed E-state index contributed by atoms with van der Waals surface area (Å²) in [6.07, 6.45) is 1.03. The molecule has 0 unspecified atom stereocenters. The Bertz CT molecular complexity index is 1130. The number of thiocarbonyl (C=S) groups is 1. The third-order valence-corrected chi connectivity index (χ3v) is 6.05. The number of fused-ring (bicyclic) bond motifs is 3. The maximum absolute atomic E-state index is 6.03. The van der Waals surface area contributed by atoms with Crippen LogP contribution in [0.25, 0.3) is 10.9 Å². The van der Waals surface area contributed by atoms with Crippen molar-refractivity contribution in [3.63, 3.8) is 0 Å². The lowest BCUT2D eigenvalue weighted by Gasteiger charge is -2.31. The number of hydrogen-bond donors (Lipinski definition) is 0. The minimum absolute atomic E-state index is 0.843. The molecule has 1 aliphatic rings. The molecule has 5 rings (SSSR count). The van der Waals surface area contributed by atoms with Crippen LogP contribution in [0.4, 0.5) is 0 Å². The molecule has 0 amide bonds. The topological polar surface area (TPSA) is 8.17 Å². The molecule has 0 fully saturated rings. The fourth-order valence-corrected chi connectivity index (χ4v) is 4.64. The van der Waals surface area contributed by atoms with Gasteiger partial charge in [-0.25, -0.2) is 0 Å². The Labute approximate surface area is 171 Å². The van der Waals surface area contributed by atoms with Gasteiger partial charge in [0.25, 0.3) is 0 Å². The summed E-state index contributed by atoms with van der Waals surface area (Å²) < 4.78 is 2.42. The van der Waals surface area contributed by atoms with Crippen molar-refractivity contribution in [1.29, 1.82) is 0 Å². The molecule has 3 aromatic carbocycles. The molecule has 2 nitrogen and oxygen atoms in total. The molecule has 1 aromatic heterocycles. The van der Waals surface area contributed by atoms with Crippen molar-refractivity contribution in [3.8, 4) is 0 Å². The molecule has 0 N–H and O–H groups in total. The van der Waals surface area contributed by atoms with Crippen LogP contribution in [0.3, 0.4) is 0 Å². The first-order valence-electron chi connectivity index (χ1n) is 9.78. The smallest absolute Gasteiger partial charge is 0.126 e. The average Bonchev–Trinajstić information content (AvgIpc) is 3.06. The Hall–Kier alpha value is -2.91. The van der Waals surface area contributed by atoms with Crippen molar-refractivity contribution in [2.75, 3.05) is 6.54 Å². The average molecular weight is 383 g/mol. The van der Waals surface area contributed by atoms with Gasteiger partial charge in [-0.2, -0.15) is 0 Å². The lowest BCUT2D eigenvalue weighted by Crippen LogP contribution is -2.37. The Morgan fingerprint density at radius 3 is 2.04 bits per heavy atom. The highest BCUT2D eigenvalue weighted by atomic mass is 32.1. The standard InChI is InChI=1S/C25H22N2S/c28-25-24-22(15-16-26(25)17-19-9-3-1-4-10-19)21-13-7-8-14-23(21)27(24)18-20-11-5-2-6-12-20/h1-14H,15-18H2. The molecule has 4 aromatic rings. The fourth-order valence-electron chi connectivity index (χ4n) is 4.26. The Morgan fingerprint density at radius 2 is 1.32 bits per heavy atom. The molecule has 3 heteroatoms. The molecule has 2 heterocycles. The van der Waals surface area contributed by atoms with Gasteiger partial charge >= 0.3 is 0 Å². The van der Waals surface area contributed by atoms with Gasteiger partial charge in [-0.05, 0) is 29.2 Å². The van der Waals surface area contributed by atoms with Gasteiger partial charge in [0.1, 0.15) is 4.99 Å². The van der Waals surface area contributed by atoms with E-state index in [1.54, 1.807) is 0 Å². The van der Waals surface area contributed by atoms with Crippen LogP contribution < -0.4 is 0 Å². The number of hydrogen-bond acceptors (Lipinski definition) is 1. The van der Waals surface area contributed by atoms with Gasteiger partial charge in [-0.3, -0.25) is 0 Å². The fraction of sp³-hybridized carbons (Fsp3) is 0.160. The van der Waals surface area contributed by atoms with Crippen LogP contribution >= 0.6 is 12.2 Å². The van der Waals surface area contributed by atoms with Crippen LogP contribution in [0.2, 0.25) is 0 Å². The summed E-state index contributed by atoms with van der Waals surface area (Å²) in [7, 11) is 0. The first-order chi connectivity index (χ1) is 13.8. The van der Waals surface area contributed by atoms with Crippen LogP contribution in [0.15, 0.2) is 84.9 Å². The third-order valence-electron chi connectivity index (χ3n) is 5.60. The molecule has 0 saturated heterocycles. The van der Waals surface area contributed by atoms with Gasteiger partial charge < -0.3 is 9.47 Å². The third kappa shape index (κ3) is 3.02. The zero-order valence-corrected chi connectivity index (χ0v) is 16.5. The van der Waals surface area contributed by atoms with E-state index in [0.717, 1.165) is 31.0 Å². The van der Waals surface area contributed by atoms with E-state index in [1.807, 2.05) is 0 Å². The molecule has 0 saturated carbocycles. The summed E-state index contributed by atoms with van der Waals surface area (Å²) in [6.45, 7) is 2.68. The minimum atomic E-state index is 0.843. The number of benzene rings is 3. The van der Waals surface area contributed by atoms with E-state index in [4.69, 9.17) is 12.2 Å². The zero-order valence-electron chi connectivity index (χ0n) is 15.7. The van der Waals surface area contributed by atoms with Crippen LogP contribution in [0.1, 0.15) is 22.4 Å². The van der Waals surface area contributed by atoms with E-state index in [2.05, 4.69) is 94.4 Å². The van der Waals surface area contributed by atoms with Crippen molar-refractivity contribution in [1.82, 2.24) is 9.47 Å². The van der Waals surface area contributed by atoms with Crippen molar-refractivity contribution in [2.45, 2.75) is 19.5 Å². The van der Waals surface area contributed by atoms with Gasteiger partial charge in [0.2, 0.25) is 0 Å². The Kier molecular flexibility index (Phi) is 4.46. The Balaban J connectivity index is 1.58. The SMILES string of the molecule is S=C1c2c(c3ccccc3n2Cc2ccccc2)CCN1Cc1ccccc1. The van der Waals surface area contributed by atoms with E-state index in [1.165, 1.54) is 33.3 Å². The van der Waals surface area contributed by atoms with Crippen LogP contribution in [-0.4, -0.2) is 21.0 Å². The predicted octanol–water partition coefficient (Wildman–Crippen LogP) is 5.42. The lowest BCUT2D eigenvalue weighted by molar-refractivity contribution is 0.412. The van der Waals surface area contributed by atoms with E-state index < -0.39 is 0 Å². The zero-order chi connectivity index (χ0) is 18.9. The van der Waals surface area contributed by atoms with Crippen molar-refractivity contribution >= 4 is 28.1 Å². The number of rotatable bonds is 4. The van der Waals surface area contributed by atoms with Crippen LogP contribution in [0.5, 0.6) is 0 Å². The Morgan fingerprint density at radius 1 is 0.714 bits per heavy atom. The summed E-state index contributed by atoms with van der Waals surface area (Å²) >= 11 is 6.03. The first-order valence-corrected chi connectivity index (χ1v) is 10.2. The second-order valence-electron chi connectivity index (χ2n) is 7.38. The molecule has 0 radical (unpaired) electrons. The molecule has 0 atom stereocenters. The van der Waals surface area contributed by atoms with Gasteiger partial charge in [-0.15, -0.1) is 0 Å². The molecule has 138 valence electrons. The van der Waals surface area contributed by atoms with E-state index in [9.17, 15) is 0 Å². The van der Waals surface area contributed by atoms with E-state index in [-0.39, 0.29) is 0 Å². The summed E-state index contributed by atoms with van der Waals surface area (Å²) in [6, 6.07) is 30.0. The first kappa shape index (κ1) is 17.2. The molecule has 0 aliphatic carbocycles. The predicted molar refractivity (Wildman–Crippen MR) is 120 cm³/mol. The highest BCUT2D eigenvalue weighted by Crippen LogP contribution is 2.32. The van der Waals surface area contributed by atoms with Gasteiger partial charge in [0, 0.05) is 30.5 Å². The summed E-state index contributed by atoms with van der Waals surface area (Å²) in [5.41, 5.74) is 6.51. The molecule has 0 bridgehead atoms. The number of nitrogens with zero attached hydrogens (tertiary/aromatic N) is 2. The summed E-state index contributed by atoms with van der Waals surface area (Å²) in [4.78, 5) is 3.32. The molecular formula is C25H22N2S. The monoisotopic (exact) mass is 382 g/mol. The highest BCUT2D eigenvalue weighted by Gasteiger charge is 2.28. The normalized spacial score (nSPS) is 13.7. The molecule has 28 heavy (non-hydrogen) atoms. The van der Waals surface area contributed by atoms with E-state index in [0.29, 0.717) is 0 Å². The maximum atomic E-state index is 6.03. The quantitative estimate of drug-likeness (QED) is 0.435. The minimum Gasteiger partial charge on any atom is -0.356 e. The second-order valence-corrected chi connectivity index (χ2v) is 7.77. The molecule has 0 spiro atoms. The van der Waals surface area contributed by atoms with Crippen molar-refractivity contribution < 1.29 is 0 Å². The van der Waals surface area contributed by atoms with Gasteiger partial charge in [0.05, 0.1) is 5.69 Å². The highest BCUT2D eigenvalue weighted by molar-refractivity contribution is 7.80. The van der Waals surface area contributed by atoms with Crippen molar-refractivity contribution in [3.05, 3.63) is 107 Å². The number of aromatic nitrogens is 1. The van der Waals surface area contributed by atoms with Gasteiger partial charge in [0.15, 0.2) is 0 Å². The lowest BCUT2D eigenvalue weighted by atomic mass is 10.0. The summed E-state index contributed by atoms with van der Waals surface area (Å²) in [5.74, 6) is 0. The van der Waals surface area contributed by atoms with E-state index >= 15 is 0 Å². The van der Waals surface area contributed by atoms with Crippen LogP contribution in [0, 0.1) is 0 Å². The molecular weight excluding hydrogens is 360 g/mol. The maximum Gasteiger partial charge on any atom is 0.126 e. The van der Waals surface area contributed by atoms with Crippen molar-refractivity contribution in [2.24, 2.45) is 0 Å².